The van der Waals surface area contributed by atoms with Gasteiger partial charge < -0.3 is 0 Å². The van der Waals surface area contributed by atoms with Gasteiger partial charge in [-0.05, 0) is 80.2 Å². The monoisotopic (exact) mass is 381 g/mol. The van der Waals surface area contributed by atoms with Crippen LogP contribution in [-0.4, -0.2) is 5.16 Å². The maximum atomic E-state index is 13.9. The molecule has 0 radical (unpaired) electrons. The Bertz CT molecular complexity index is 1200. The normalized spacial score (nSPS) is 9.39. The maximum Gasteiger partial charge on any atom is 0.150 e. The highest BCUT2D eigenvalue weighted by Crippen LogP contribution is 2.18. The standard InChI is InChI=1S/C25H16FNS/c1-18-3-5-20(6-4-18)7-8-21-9-12-23(19(2)15-21)13-10-22-11-14-25(27-17-28)24(26)16-22/h3-6,9,11-12,14-16H,1-2H3. The van der Waals surface area contributed by atoms with Crippen LogP contribution in [-0.2, 0) is 0 Å². The first-order chi connectivity index (χ1) is 13.5. The van der Waals surface area contributed by atoms with Gasteiger partial charge in [-0.1, -0.05) is 41.4 Å². The molecule has 28 heavy (non-hydrogen) atoms. The molecule has 0 bridgehead atoms. The number of aliphatic imine (C=N–C) groups is 1. The third kappa shape index (κ3) is 5.03. The van der Waals surface area contributed by atoms with Crippen molar-refractivity contribution in [1.82, 2.24) is 0 Å². The molecule has 3 aromatic carbocycles. The Morgan fingerprint density at radius 3 is 2.04 bits per heavy atom. The molecule has 0 aliphatic rings. The lowest BCUT2D eigenvalue weighted by Crippen LogP contribution is -1.85. The first kappa shape index (κ1) is 19.3. The van der Waals surface area contributed by atoms with Crippen molar-refractivity contribution in [3.05, 3.63) is 99.9 Å². The van der Waals surface area contributed by atoms with E-state index in [1.54, 1.807) is 6.07 Å². The third-order valence-corrected chi connectivity index (χ3v) is 4.18. The number of nitrogens with zero attached hydrogens (tertiary/aromatic N) is 1. The van der Waals surface area contributed by atoms with Crippen molar-refractivity contribution in [2.75, 3.05) is 0 Å². The lowest BCUT2D eigenvalue weighted by Gasteiger charge is -1.99. The van der Waals surface area contributed by atoms with E-state index in [4.69, 9.17) is 0 Å². The SMILES string of the molecule is Cc1ccc(C#Cc2ccc(C#Cc3ccc(N=C=S)c(F)c3)c(C)c2)cc1. The molecule has 0 amide bonds. The minimum absolute atomic E-state index is 0.160. The zero-order valence-electron chi connectivity index (χ0n) is 15.5. The largest absolute Gasteiger partial charge is 0.205 e. The minimum atomic E-state index is -0.470. The summed E-state index contributed by atoms with van der Waals surface area (Å²) < 4.78 is 13.9. The molecule has 0 fully saturated rings. The molecule has 3 aromatic rings. The van der Waals surface area contributed by atoms with E-state index in [1.807, 2.05) is 49.4 Å². The molecule has 0 N–H and O–H groups in total. The summed E-state index contributed by atoms with van der Waals surface area (Å²) >= 11 is 4.50. The lowest BCUT2D eigenvalue weighted by atomic mass is 10.0. The summed E-state index contributed by atoms with van der Waals surface area (Å²) in [7, 11) is 0. The predicted molar refractivity (Wildman–Crippen MR) is 115 cm³/mol. The molecule has 0 aliphatic heterocycles. The molecule has 0 heterocycles. The molecular weight excluding hydrogens is 365 g/mol. The van der Waals surface area contributed by atoms with E-state index in [9.17, 15) is 4.39 Å². The third-order valence-electron chi connectivity index (χ3n) is 4.08. The van der Waals surface area contributed by atoms with Gasteiger partial charge in [0.15, 0.2) is 5.82 Å². The summed E-state index contributed by atoms with van der Waals surface area (Å²) in [5, 5.41) is 2.16. The van der Waals surface area contributed by atoms with Crippen LogP contribution in [0.3, 0.4) is 0 Å². The number of benzene rings is 3. The molecule has 0 aliphatic carbocycles. The Kier molecular flexibility index (Phi) is 6.15. The average molecular weight is 381 g/mol. The van der Waals surface area contributed by atoms with Crippen LogP contribution in [0.5, 0.6) is 0 Å². The Hall–Kier alpha value is -3.49. The second-order valence-electron chi connectivity index (χ2n) is 6.27. The zero-order chi connectivity index (χ0) is 19.9. The molecule has 0 atom stereocenters. The van der Waals surface area contributed by atoms with Crippen molar-refractivity contribution in [2.45, 2.75) is 13.8 Å². The van der Waals surface area contributed by atoms with Gasteiger partial charge in [0.05, 0.1) is 5.16 Å². The number of halogens is 1. The molecule has 3 heteroatoms. The van der Waals surface area contributed by atoms with Gasteiger partial charge in [-0.15, -0.1) is 0 Å². The smallest absolute Gasteiger partial charge is 0.150 e. The van der Waals surface area contributed by atoms with Crippen LogP contribution in [0.2, 0.25) is 0 Å². The van der Waals surface area contributed by atoms with Crippen molar-refractivity contribution < 1.29 is 4.39 Å². The van der Waals surface area contributed by atoms with Crippen molar-refractivity contribution in [3.8, 4) is 23.7 Å². The fourth-order valence-corrected chi connectivity index (χ4v) is 2.63. The molecule has 1 nitrogen and oxygen atoms in total. The van der Waals surface area contributed by atoms with E-state index in [1.165, 1.54) is 17.7 Å². The van der Waals surface area contributed by atoms with Gasteiger partial charge in [0.2, 0.25) is 0 Å². The summed E-state index contributed by atoms with van der Waals surface area (Å²) in [6, 6.07) is 18.6. The second-order valence-corrected chi connectivity index (χ2v) is 6.45. The van der Waals surface area contributed by atoms with E-state index in [0.29, 0.717) is 5.56 Å². The quantitative estimate of drug-likeness (QED) is 0.287. The highest BCUT2D eigenvalue weighted by atomic mass is 32.1. The first-order valence-electron chi connectivity index (χ1n) is 8.64. The molecule has 0 aromatic heterocycles. The van der Waals surface area contributed by atoms with Gasteiger partial charge in [0.25, 0.3) is 0 Å². The molecule has 134 valence electrons. The highest BCUT2D eigenvalue weighted by Gasteiger charge is 2.01. The number of rotatable bonds is 1. The Labute approximate surface area is 170 Å². The average Bonchev–Trinajstić information content (AvgIpc) is 2.69. The molecule has 0 spiro atoms. The molecular formula is C25H16FNS. The topological polar surface area (TPSA) is 12.4 Å². The number of hydrogen-bond donors (Lipinski definition) is 0. The first-order valence-corrected chi connectivity index (χ1v) is 9.05. The Morgan fingerprint density at radius 1 is 0.750 bits per heavy atom. The summed E-state index contributed by atoms with van der Waals surface area (Å²) in [5.74, 6) is 11.9. The fourth-order valence-electron chi connectivity index (χ4n) is 2.53. The van der Waals surface area contributed by atoms with Gasteiger partial charge in [-0.3, -0.25) is 0 Å². The van der Waals surface area contributed by atoms with Crippen molar-refractivity contribution in [2.24, 2.45) is 4.99 Å². The summed E-state index contributed by atoms with van der Waals surface area (Å²) in [6.45, 7) is 4.04. The predicted octanol–water partition coefficient (Wildman–Crippen LogP) is 5.98. The van der Waals surface area contributed by atoms with Crippen molar-refractivity contribution in [3.63, 3.8) is 0 Å². The van der Waals surface area contributed by atoms with E-state index >= 15 is 0 Å². The second kappa shape index (κ2) is 8.94. The van der Waals surface area contributed by atoms with Gasteiger partial charge in [0.1, 0.15) is 5.69 Å². The van der Waals surface area contributed by atoms with Crippen LogP contribution in [0.1, 0.15) is 33.4 Å². The van der Waals surface area contributed by atoms with E-state index in [0.717, 1.165) is 22.3 Å². The Balaban J connectivity index is 1.81. The van der Waals surface area contributed by atoms with Gasteiger partial charge in [0, 0.05) is 22.3 Å². The molecule has 0 unspecified atom stereocenters. The fraction of sp³-hybridized carbons (Fsp3) is 0.0800. The van der Waals surface area contributed by atoms with Crippen LogP contribution in [0.15, 0.2) is 65.7 Å². The number of hydrogen-bond acceptors (Lipinski definition) is 2. The minimum Gasteiger partial charge on any atom is -0.205 e. The molecule has 0 saturated carbocycles. The van der Waals surface area contributed by atoms with Crippen LogP contribution < -0.4 is 0 Å². The number of aryl methyl sites for hydroxylation is 2. The van der Waals surface area contributed by atoms with Crippen LogP contribution in [0, 0.1) is 43.3 Å². The van der Waals surface area contributed by atoms with Crippen LogP contribution in [0.4, 0.5) is 10.1 Å². The van der Waals surface area contributed by atoms with Crippen LogP contribution in [0.25, 0.3) is 0 Å². The zero-order valence-corrected chi connectivity index (χ0v) is 16.3. The number of isothiocyanates is 1. The number of thiocarbonyl (C=S) groups is 1. The summed E-state index contributed by atoms with van der Waals surface area (Å²) in [4.78, 5) is 3.66. The Morgan fingerprint density at radius 2 is 1.36 bits per heavy atom. The van der Waals surface area contributed by atoms with E-state index in [-0.39, 0.29) is 5.69 Å². The van der Waals surface area contributed by atoms with Gasteiger partial charge >= 0.3 is 0 Å². The van der Waals surface area contributed by atoms with Gasteiger partial charge in [-0.2, -0.15) is 4.99 Å². The molecule has 0 saturated heterocycles. The summed E-state index contributed by atoms with van der Waals surface area (Å²) in [6.07, 6.45) is 0. The summed E-state index contributed by atoms with van der Waals surface area (Å²) in [5.41, 5.74) is 5.75. The highest BCUT2D eigenvalue weighted by molar-refractivity contribution is 7.78. The lowest BCUT2D eigenvalue weighted by molar-refractivity contribution is 0.629. The van der Waals surface area contributed by atoms with Gasteiger partial charge in [-0.25, -0.2) is 4.39 Å². The maximum absolute atomic E-state index is 13.9. The van der Waals surface area contributed by atoms with E-state index < -0.39 is 5.82 Å². The van der Waals surface area contributed by atoms with Crippen LogP contribution >= 0.6 is 12.2 Å². The van der Waals surface area contributed by atoms with E-state index in [2.05, 4.69) is 53.0 Å². The van der Waals surface area contributed by atoms with Crippen molar-refractivity contribution >= 4 is 23.1 Å². The van der Waals surface area contributed by atoms with Crippen molar-refractivity contribution in [1.29, 1.82) is 0 Å². The molecule has 3 rings (SSSR count).